The molecular formula is C17H24F2N2O2. The van der Waals surface area contributed by atoms with Crippen LogP contribution < -0.4 is 10.1 Å². The number of nitrogens with zero attached hydrogens (tertiary/aromatic N) is 1. The molecule has 2 unspecified atom stereocenters. The zero-order valence-corrected chi connectivity index (χ0v) is 13.8. The molecule has 1 aliphatic rings. The van der Waals surface area contributed by atoms with Gasteiger partial charge < -0.3 is 15.0 Å². The minimum Gasteiger partial charge on any atom is -0.433 e. The molecule has 2 atom stereocenters. The van der Waals surface area contributed by atoms with Gasteiger partial charge in [0.25, 0.3) is 0 Å². The van der Waals surface area contributed by atoms with Crippen LogP contribution in [0.2, 0.25) is 0 Å². The van der Waals surface area contributed by atoms with Crippen molar-refractivity contribution in [3.8, 4) is 5.75 Å². The van der Waals surface area contributed by atoms with Crippen LogP contribution in [0.3, 0.4) is 0 Å². The molecule has 1 N–H and O–H groups in total. The van der Waals surface area contributed by atoms with E-state index in [9.17, 15) is 13.6 Å². The van der Waals surface area contributed by atoms with Gasteiger partial charge in [0.15, 0.2) is 0 Å². The second kappa shape index (κ2) is 7.62. The molecule has 1 fully saturated rings. The first-order valence-electron chi connectivity index (χ1n) is 7.98. The molecule has 0 saturated heterocycles. The molecule has 0 aromatic heterocycles. The predicted molar refractivity (Wildman–Crippen MR) is 86.0 cm³/mol. The lowest BCUT2D eigenvalue weighted by Crippen LogP contribution is -2.44. The third-order valence-corrected chi connectivity index (χ3v) is 4.57. The van der Waals surface area contributed by atoms with Crippen molar-refractivity contribution < 1.29 is 18.3 Å². The molecule has 2 amide bonds. The Morgan fingerprint density at radius 3 is 2.70 bits per heavy atom. The third-order valence-electron chi connectivity index (χ3n) is 4.57. The molecule has 0 bridgehead atoms. The second-order valence-electron chi connectivity index (χ2n) is 6.20. The van der Waals surface area contributed by atoms with E-state index in [1.165, 1.54) is 12.5 Å². The number of nitrogens with one attached hydrogen (secondary N) is 1. The van der Waals surface area contributed by atoms with Gasteiger partial charge in [-0.25, -0.2) is 4.79 Å². The minimum absolute atomic E-state index is 0.0153. The van der Waals surface area contributed by atoms with Gasteiger partial charge in [0.2, 0.25) is 0 Å². The first-order valence-corrected chi connectivity index (χ1v) is 7.98. The monoisotopic (exact) mass is 326 g/mol. The standard InChI is InChI=1S/C17H24F2N2O2/c1-11-7-4-5-9-13(11)21(3)17(22)20-15-12(2)8-6-10-14(15)23-16(18)19/h6,8,10-11,13,16H,4-5,7,9H2,1-3H3,(H,20,22). The van der Waals surface area contributed by atoms with Crippen LogP contribution in [0.1, 0.15) is 38.2 Å². The topological polar surface area (TPSA) is 41.6 Å². The van der Waals surface area contributed by atoms with Gasteiger partial charge in [-0.2, -0.15) is 8.78 Å². The van der Waals surface area contributed by atoms with Crippen LogP contribution in [0.4, 0.5) is 19.3 Å². The molecule has 1 aromatic rings. The maximum Gasteiger partial charge on any atom is 0.387 e. The van der Waals surface area contributed by atoms with Gasteiger partial charge in [-0.05, 0) is 37.3 Å². The molecule has 0 heterocycles. The number of carbonyl (C=O) groups excluding carboxylic acids is 1. The van der Waals surface area contributed by atoms with Crippen LogP contribution >= 0.6 is 0 Å². The summed E-state index contributed by atoms with van der Waals surface area (Å²) in [5.41, 5.74) is 0.981. The van der Waals surface area contributed by atoms with Crippen molar-refractivity contribution in [3.05, 3.63) is 23.8 Å². The van der Waals surface area contributed by atoms with Crippen molar-refractivity contribution in [3.63, 3.8) is 0 Å². The summed E-state index contributed by atoms with van der Waals surface area (Å²) in [5.74, 6) is 0.423. The largest absolute Gasteiger partial charge is 0.433 e. The van der Waals surface area contributed by atoms with E-state index in [0.29, 0.717) is 17.2 Å². The molecule has 128 valence electrons. The minimum atomic E-state index is -2.93. The molecule has 2 rings (SSSR count). The predicted octanol–water partition coefficient (Wildman–Crippen LogP) is 4.64. The van der Waals surface area contributed by atoms with Crippen LogP contribution in [0.5, 0.6) is 5.75 Å². The first-order chi connectivity index (χ1) is 10.9. The lowest BCUT2D eigenvalue weighted by Gasteiger charge is -2.36. The van der Waals surface area contributed by atoms with Crippen molar-refractivity contribution in [2.24, 2.45) is 5.92 Å². The number of benzene rings is 1. The van der Waals surface area contributed by atoms with Crippen LogP contribution in [-0.4, -0.2) is 30.6 Å². The Balaban J connectivity index is 2.13. The van der Waals surface area contributed by atoms with E-state index in [4.69, 9.17) is 0 Å². The fourth-order valence-corrected chi connectivity index (χ4v) is 3.21. The van der Waals surface area contributed by atoms with Gasteiger partial charge in [0.1, 0.15) is 5.75 Å². The van der Waals surface area contributed by atoms with Crippen LogP contribution in [-0.2, 0) is 0 Å². The number of amides is 2. The summed E-state index contributed by atoms with van der Waals surface area (Å²) in [5, 5.41) is 2.73. The molecule has 0 aliphatic heterocycles. The molecule has 1 aliphatic carbocycles. The summed E-state index contributed by atoms with van der Waals surface area (Å²) < 4.78 is 29.6. The highest BCUT2D eigenvalue weighted by Crippen LogP contribution is 2.31. The quantitative estimate of drug-likeness (QED) is 0.876. The smallest absolute Gasteiger partial charge is 0.387 e. The van der Waals surface area contributed by atoms with Crippen LogP contribution in [0.15, 0.2) is 18.2 Å². The number of rotatable bonds is 4. The average molecular weight is 326 g/mol. The molecule has 1 saturated carbocycles. The highest BCUT2D eigenvalue weighted by Gasteiger charge is 2.28. The van der Waals surface area contributed by atoms with Gasteiger partial charge in [-0.3, -0.25) is 0 Å². The zero-order chi connectivity index (χ0) is 17.0. The summed E-state index contributed by atoms with van der Waals surface area (Å²) in [6, 6.07) is 4.68. The Kier molecular flexibility index (Phi) is 5.80. The number of hydrogen-bond donors (Lipinski definition) is 1. The number of anilines is 1. The maximum atomic E-state index is 12.5. The molecule has 0 spiro atoms. The van der Waals surface area contributed by atoms with Crippen molar-refractivity contribution >= 4 is 11.7 Å². The highest BCUT2D eigenvalue weighted by atomic mass is 19.3. The van der Waals surface area contributed by atoms with Crippen molar-refractivity contribution in [1.29, 1.82) is 0 Å². The number of urea groups is 1. The highest BCUT2D eigenvalue weighted by molar-refractivity contribution is 5.92. The molecule has 6 heteroatoms. The molecular weight excluding hydrogens is 302 g/mol. The summed E-state index contributed by atoms with van der Waals surface area (Å²) in [6.45, 7) is 0.965. The van der Waals surface area contributed by atoms with E-state index < -0.39 is 6.61 Å². The fourth-order valence-electron chi connectivity index (χ4n) is 3.21. The number of aryl methyl sites for hydroxylation is 1. The van der Waals surface area contributed by atoms with Crippen molar-refractivity contribution in [2.75, 3.05) is 12.4 Å². The van der Waals surface area contributed by atoms with Crippen LogP contribution in [0.25, 0.3) is 0 Å². The SMILES string of the molecule is Cc1cccc(OC(F)F)c1NC(=O)N(C)C1CCCCC1C. The summed E-state index contributed by atoms with van der Waals surface area (Å²) in [6.07, 6.45) is 4.37. The number of halogens is 2. The van der Waals surface area contributed by atoms with Gasteiger partial charge >= 0.3 is 12.6 Å². The lowest BCUT2D eigenvalue weighted by molar-refractivity contribution is -0.0493. The van der Waals surface area contributed by atoms with E-state index in [2.05, 4.69) is 17.0 Å². The normalized spacial score (nSPS) is 21.1. The molecule has 23 heavy (non-hydrogen) atoms. The van der Waals surface area contributed by atoms with E-state index in [0.717, 1.165) is 19.3 Å². The van der Waals surface area contributed by atoms with E-state index in [1.54, 1.807) is 31.0 Å². The van der Waals surface area contributed by atoms with Crippen LogP contribution in [0, 0.1) is 12.8 Å². The average Bonchev–Trinajstić information content (AvgIpc) is 2.50. The summed E-state index contributed by atoms with van der Waals surface area (Å²) in [7, 11) is 1.76. The Labute approximate surface area is 135 Å². The van der Waals surface area contributed by atoms with Gasteiger partial charge in [-0.1, -0.05) is 31.9 Å². The van der Waals surface area contributed by atoms with Crippen molar-refractivity contribution in [1.82, 2.24) is 4.90 Å². The number of alkyl halides is 2. The second-order valence-corrected chi connectivity index (χ2v) is 6.20. The zero-order valence-electron chi connectivity index (χ0n) is 13.8. The molecule has 1 aromatic carbocycles. The van der Waals surface area contributed by atoms with Crippen molar-refractivity contribution in [2.45, 2.75) is 52.2 Å². The first kappa shape index (κ1) is 17.5. The summed E-state index contributed by atoms with van der Waals surface area (Å²) in [4.78, 5) is 14.2. The Morgan fingerprint density at radius 2 is 2.04 bits per heavy atom. The van der Waals surface area contributed by atoms with E-state index >= 15 is 0 Å². The fraction of sp³-hybridized carbons (Fsp3) is 0.588. The van der Waals surface area contributed by atoms with E-state index in [1.807, 2.05) is 0 Å². The number of para-hydroxylation sites is 1. The number of carbonyl (C=O) groups is 1. The lowest BCUT2D eigenvalue weighted by atomic mass is 9.85. The maximum absolute atomic E-state index is 12.5. The number of ether oxygens (including phenoxy) is 1. The van der Waals surface area contributed by atoms with Gasteiger partial charge in [0.05, 0.1) is 5.69 Å². The molecule has 4 nitrogen and oxygen atoms in total. The van der Waals surface area contributed by atoms with Gasteiger partial charge in [-0.15, -0.1) is 0 Å². The van der Waals surface area contributed by atoms with E-state index in [-0.39, 0.29) is 17.8 Å². The third kappa shape index (κ3) is 4.33. The summed E-state index contributed by atoms with van der Waals surface area (Å²) >= 11 is 0. The Bertz CT molecular complexity index is 551. The van der Waals surface area contributed by atoms with Gasteiger partial charge in [0, 0.05) is 13.1 Å². The number of hydrogen-bond acceptors (Lipinski definition) is 2. The Hall–Kier alpha value is -1.85. The Morgan fingerprint density at radius 1 is 1.35 bits per heavy atom. The molecule has 0 radical (unpaired) electrons.